The first-order valence-corrected chi connectivity index (χ1v) is 16.3. The molecule has 7 nitrogen and oxygen atoms in total. The molecule has 3 aromatic rings. The summed E-state index contributed by atoms with van der Waals surface area (Å²) in [6, 6.07) is 14.4. The second-order valence-electron chi connectivity index (χ2n) is 9.92. The first-order chi connectivity index (χ1) is 19.8. The van der Waals surface area contributed by atoms with E-state index in [1.54, 1.807) is 37.3 Å². The fourth-order valence-electron chi connectivity index (χ4n) is 4.26. The van der Waals surface area contributed by atoms with Crippen molar-refractivity contribution in [2.75, 3.05) is 10.8 Å². The molecule has 0 aromatic heterocycles. The Hall–Kier alpha value is -2.49. The van der Waals surface area contributed by atoms with Gasteiger partial charge in [-0.1, -0.05) is 84.0 Å². The number of carbonyl (C=O) groups is 2. The molecular formula is C30H33Cl4N3O4S. The molecule has 0 spiro atoms. The Morgan fingerprint density at radius 1 is 0.881 bits per heavy atom. The van der Waals surface area contributed by atoms with Gasteiger partial charge in [-0.25, -0.2) is 8.42 Å². The van der Waals surface area contributed by atoms with Crippen LogP contribution >= 0.6 is 46.4 Å². The van der Waals surface area contributed by atoms with Gasteiger partial charge in [-0.2, -0.15) is 0 Å². The molecular weight excluding hydrogens is 640 g/mol. The number of amides is 2. The van der Waals surface area contributed by atoms with Crippen LogP contribution in [0, 0.1) is 6.92 Å². The van der Waals surface area contributed by atoms with Gasteiger partial charge in [0.2, 0.25) is 11.8 Å². The number of anilines is 1. The van der Waals surface area contributed by atoms with E-state index in [1.807, 2.05) is 20.8 Å². The minimum absolute atomic E-state index is 0.0285. The van der Waals surface area contributed by atoms with Crippen LogP contribution in [-0.2, 0) is 26.2 Å². The van der Waals surface area contributed by atoms with E-state index >= 15 is 0 Å². The molecule has 12 heteroatoms. The molecule has 2 unspecified atom stereocenters. The molecule has 0 aliphatic heterocycles. The van der Waals surface area contributed by atoms with Gasteiger partial charge in [0.1, 0.15) is 12.6 Å². The zero-order valence-corrected chi connectivity index (χ0v) is 27.5. The van der Waals surface area contributed by atoms with Crippen molar-refractivity contribution in [3.05, 3.63) is 91.9 Å². The van der Waals surface area contributed by atoms with Gasteiger partial charge < -0.3 is 10.2 Å². The van der Waals surface area contributed by atoms with Crippen LogP contribution < -0.4 is 9.62 Å². The van der Waals surface area contributed by atoms with Crippen molar-refractivity contribution in [2.45, 2.75) is 64.1 Å². The average molecular weight is 673 g/mol. The van der Waals surface area contributed by atoms with Crippen molar-refractivity contribution < 1.29 is 18.0 Å². The lowest BCUT2D eigenvalue weighted by molar-refractivity contribution is -0.140. The number of halogens is 4. The molecule has 42 heavy (non-hydrogen) atoms. The van der Waals surface area contributed by atoms with Crippen molar-refractivity contribution in [3.8, 4) is 0 Å². The van der Waals surface area contributed by atoms with Crippen LogP contribution in [0.1, 0.15) is 44.7 Å². The van der Waals surface area contributed by atoms with Gasteiger partial charge >= 0.3 is 0 Å². The molecule has 226 valence electrons. The second-order valence-corrected chi connectivity index (χ2v) is 13.5. The van der Waals surface area contributed by atoms with E-state index < -0.39 is 28.5 Å². The van der Waals surface area contributed by atoms with E-state index in [-0.39, 0.29) is 45.5 Å². The standard InChI is InChI=1S/C30H33Cl4N3O4S/c1-5-20(4)35-30(39)28(6-2)36(17-25-26(33)8-7-9-27(25)34)29(38)18-37(23-15-21(31)14-22(32)16-23)42(40,41)24-12-10-19(3)11-13-24/h7-16,20,28H,5-6,17-18H2,1-4H3,(H,35,39). The average Bonchev–Trinajstić information content (AvgIpc) is 2.92. The maximum Gasteiger partial charge on any atom is 0.264 e. The maximum atomic E-state index is 14.2. The van der Waals surface area contributed by atoms with E-state index in [4.69, 9.17) is 46.4 Å². The van der Waals surface area contributed by atoms with Crippen molar-refractivity contribution in [1.29, 1.82) is 0 Å². The molecule has 0 saturated heterocycles. The van der Waals surface area contributed by atoms with E-state index in [0.29, 0.717) is 22.0 Å². The fraction of sp³-hybridized carbons (Fsp3) is 0.333. The minimum atomic E-state index is -4.28. The number of nitrogens with one attached hydrogen (secondary N) is 1. The van der Waals surface area contributed by atoms with Crippen LogP contribution in [0.25, 0.3) is 0 Å². The van der Waals surface area contributed by atoms with Crippen LogP contribution in [0.2, 0.25) is 20.1 Å². The highest BCUT2D eigenvalue weighted by molar-refractivity contribution is 7.92. The Kier molecular flexibility index (Phi) is 12.0. The summed E-state index contributed by atoms with van der Waals surface area (Å²) in [4.78, 5) is 28.9. The Morgan fingerprint density at radius 3 is 1.98 bits per heavy atom. The maximum absolute atomic E-state index is 14.2. The van der Waals surface area contributed by atoms with Gasteiger partial charge in [-0.05, 0) is 69.2 Å². The van der Waals surface area contributed by atoms with Gasteiger partial charge in [-0.3, -0.25) is 13.9 Å². The van der Waals surface area contributed by atoms with E-state index in [1.165, 1.54) is 35.2 Å². The predicted octanol–water partition coefficient (Wildman–Crippen LogP) is 7.53. The molecule has 0 bridgehead atoms. The monoisotopic (exact) mass is 671 g/mol. The third-order valence-corrected chi connectivity index (χ3v) is 9.73. The third kappa shape index (κ3) is 8.32. The number of carbonyl (C=O) groups excluding carboxylic acids is 2. The van der Waals surface area contributed by atoms with Gasteiger partial charge in [0.25, 0.3) is 10.0 Å². The summed E-state index contributed by atoms with van der Waals surface area (Å²) in [5, 5.41) is 3.92. The number of benzene rings is 3. The third-order valence-electron chi connectivity index (χ3n) is 6.80. The van der Waals surface area contributed by atoms with Crippen molar-refractivity contribution in [2.24, 2.45) is 0 Å². The summed E-state index contributed by atoms with van der Waals surface area (Å²) in [6.07, 6.45) is 0.939. The zero-order valence-electron chi connectivity index (χ0n) is 23.7. The largest absolute Gasteiger partial charge is 0.352 e. The summed E-state index contributed by atoms with van der Waals surface area (Å²) in [5.74, 6) is -1.02. The molecule has 0 aliphatic rings. The van der Waals surface area contributed by atoms with Crippen molar-refractivity contribution >= 4 is 73.9 Å². The van der Waals surface area contributed by atoms with Gasteiger partial charge in [0, 0.05) is 38.2 Å². The summed E-state index contributed by atoms with van der Waals surface area (Å²) in [7, 11) is -4.28. The Labute approximate surface area is 267 Å². The Morgan fingerprint density at radius 2 is 1.45 bits per heavy atom. The fourth-order valence-corrected chi connectivity index (χ4v) is 6.69. The van der Waals surface area contributed by atoms with Crippen LogP contribution in [-0.4, -0.2) is 43.8 Å². The van der Waals surface area contributed by atoms with Gasteiger partial charge in [0.05, 0.1) is 10.6 Å². The first kappa shape index (κ1) is 34.0. The van der Waals surface area contributed by atoms with Crippen LogP contribution in [0.4, 0.5) is 5.69 Å². The lowest BCUT2D eigenvalue weighted by atomic mass is 10.1. The number of aryl methyl sites for hydroxylation is 1. The smallest absolute Gasteiger partial charge is 0.264 e. The minimum Gasteiger partial charge on any atom is -0.352 e. The molecule has 0 fully saturated rings. The van der Waals surface area contributed by atoms with Crippen molar-refractivity contribution in [1.82, 2.24) is 10.2 Å². The number of hydrogen-bond acceptors (Lipinski definition) is 4. The number of rotatable bonds is 12. The quantitative estimate of drug-likeness (QED) is 0.216. The van der Waals surface area contributed by atoms with Crippen LogP contribution in [0.3, 0.4) is 0 Å². The molecule has 0 aliphatic carbocycles. The summed E-state index contributed by atoms with van der Waals surface area (Å²) >= 11 is 25.4. The zero-order chi connectivity index (χ0) is 31.2. The molecule has 0 saturated carbocycles. The topological polar surface area (TPSA) is 86.8 Å². The van der Waals surface area contributed by atoms with E-state index in [0.717, 1.165) is 9.87 Å². The molecule has 2 amide bonds. The van der Waals surface area contributed by atoms with E-state index in [9.17, 15) is 18.0 Å². The highest BCUT2D eigenvalue weighted by Gasteiger charge is 2.34. The summed E-state index contributed by atoms with van der Waals surface area (Å²) in [5.41, 5.74) is 1.39. The van der Waals surface area contributed by atoms with Crippen molar-refractivity contribution in [3.63, 3.8) is 0 Å². The molecule has 2 atom stereocenters. The Balaban J connectivity index is 2.13. The second kappa shape index (κ2) is 14.8. The highest BCUT2D eigenvalue weighted by Crippen LogP contribution is 2.31. The summed E-state index contributed by atoms with van der Waals surface area (Å²) in [6.45, 7) is 6.62. The molecule has 0 heterocycles. The normalized spacial score (nSPS) is 12.9. The Bertz CT molecular complexity index is 1490. The summed E-state index contributed by atoms with van der Waals surface area (Å²) < 4.78 is 28.9. The molecule has 3 rings (SSSR count). The lowest BCUT2D eigenvalue weighted by Crippen LogP contribution is -2.53. The SMILES string of the molecule is CCC(C)NC(=O)C(CC)N(Cc1c(Cl)cccc1Cl)C(=O)CN(c1cc(Cl)cc(Cl)c1)S(=O)(=O)c1ccc(C)cc1. The van der Waals surface area contributed by atoms with Gasteiger partial charge in [-0.15, -0.1) is 0 Å². The highest BCUT2D eigenvalue weighted by atomic mass is 35.5. The lowest BCUT2D eigenvalue weighted by Gasteiger charge is -2.34. The van der Waals surface area contributed by atoms with Crippen LogP contribution in [0.15, 0.2) is 65.6 Å². The number of sulfonamides is 1. The molecule has 3 aromatic carbocycles. The molecule has 0 radical (unpaired) electrons. The first-order valence-electron chi connectivity index (χ1n) is 13.4. The van der Waals surface area contributed by atoms with E-state index in [2.05, 4.69) is 5.32 Å². The number of hydrogen-bond donors (Lipinski definition) is 1. The predicted molar refractivity (Wildman–Crippen MR) is 171 cm³/mol. The number of nitrogens with zero attached hydrogens (tertiary/aromatic N) is 2. The van der Waals surface area contributed by atoms with Gasteiger partial charge in [0.15, 0.2) is 0 Å². The van der Waals surface area contributed by atoms with Crippen LogP contribution in [0.5, 0.6) is 0 Å². The molecule has 1 N–H and O–H groups in total.